The summed E-state index contributed by atoms with van der Waals surface area (Å²) in [6.45, 7) is 2.63. The maximum absolute atomic E-state index is 13.0. The molecule has 0 heterocycles. The fraction of sp³-hybridized carbons (Fsp3) is 0.417. The molecule has 5 heteroatoms. The smallest absolute Gasteiger partial charge is 0.341 e. The first-order valence-electron chi connectivity index (χ1n) is 5.06. The number of aliphatic hydroxyl groups is 1. The molecule has 1 rings (SSSR count). The lowest BCUT2D eigenvalue weighted by molar-refractivity contribution is -0.163. The Hall–Kier alpha value is -1.62. The van der Waals surface area contributed by atoms with Crippen LogP contribution in [0, 0.1) is 12.7 Å². The molecular formula is C12H15FO4. The number of aryl methyl sites for hydroxylation is 1. The fourth-order valence-corrected chi connectivity index (χ4v) is 1.21. The van der Waals surface area contributed by atoms with Crippen molar-refractivity contribution in [1.82, 2.24) is 0 Å². The molecule has 94 valence electrons. The third-order valence-corrected chi connectivity index (χ3v) is 2.27. The lowest BCUT2D eigenvalue weighted by Crippen LogP contribution is -2.42. The third kappa shape index (κ3) is 3.42. The average Bonchev–Trinajstić information content (AvgIpc) is 2.29. The molecule has 0 bridgehead atoms. The Morgan fingerprint density at radius 1 is 1.53 bits per heavy atom. The van der Waals surface area contributed by atoms with Crippen molar-refractivity contribution in [1.29, 1.82) is 0 Å². The Bertz CT molecular complexity index is 415. The van der Waals surface area contributed by atoms with Crippen molar-refractivity contribution < 1.29 is 23.8 Å². The summed E-state index contributed by atoms with van der Waals surface area (Å²) in [5.74, 6) is -0.735. The quantitative estimate of drug-likeness (QED) is 0.812. The standard InChI is InChI=1S/C12H15FO4/c1-8-6-9(4-5-10(8)13)17-7-12(2,15)11(14)16-3/h4-6,15H,7H2,1-3H3. The maximum Gasteiger partial charge on any atom is 0.341 e. The zero-order valence-corrected chi connectivity index (χ0v) is 9.99. The zero-order valence-electron chi connectivity index (χ0n) is 9.99. The van der Waals surface area contributed by atoms with Gasteiger partial charge in [0, 0.05) is 0 Å². The second kappa shape index (κ2) is 5.14. The summed E-state index contributed by atoms with van der Waals surface area (Å²) < 4.78 is 22.6. The van der Waals surface area contributed by atoms with Crippen molar-refractivity contribution in [3.63, 3.8) is 0 Å². The van der Waals surface area contributed by atoms with Crippen molar-refractivity contribution >= 4 is 5.97 Å². The third-order valence-electron chi connectivity index (χ3n) is 2.27. The number of benzene rings is 1. The van der Waals surface area contributed by atoms with E-state index in [1.165, 1.54) is 32.2 Å². The second-order valence-corrected chi connectivity index (χ2v) is 3.97. The number of halogens is 1. The van der Waals surface area contributed by atoms with Gasteiger partial charge in [0.05, 0.1) is 7.11 Å². The summed E-state index contributed by atoms with van der Waals surface area (Å²) in [5.41, 5.74) is -1.29. The zero-order chi connectivity index (χ0) is 13.1. The van der Waals surface area contributed by atoms with Crippen LogP contribution in [-0.2, 0) is 9.53 Å². The Morgan fingerprint density at radius 3 is 2.71 bits per heavy atom. The minimum Gasteiger partial charge on any atom is -0.490 e. The molecule has 0 aliphatic heterocycles. The molecule has 0 spiro atoms. The first-order chi connectivity index (χ1) is 7.86. The highest BCUT2D eigenvalue weighted by Gasteiger charge is 2.32. The van der Waals surface area contributed by atoms with E-state index in [1.807, 2.05) is 0 Å². The number of esters is 1. The molecule has 0 aliphatic carbocycles. The lowest BCUT2D eigenvalue weighted by Gasteiger charge is -2.20. The summed E-state index contributed by atoms with van der Waals surface area (Å²) >= 11 is 0. The summed E-state index contributed by atoms with van der Waals surface area (Å²) in [4.78, 5) is 11.2. The van der Waals surface area contributed by atoms with Gasteiger partial charge in [-0.25, -0.2) is 9.18 Å². The number of methoxy groups -OCH3 is 1. The highest BCUT2D eigenvalue weighted by atomic mass is 19.1. The molecule has 0 saturated heterocycles. The van der Waals surface area contributed by atoms with Gasteiger partial charge in [0.15, 0.2) is 5.60 Å². The van der Waals surface area contributed by atoms with Crippen LogP contribution >= 0.6 is 0 Å². The van der Waals surface area contributed by atoms with Crippen molar-refractivity contribution in [3.8, 4) is 5.75 Å². The summed E-state index contributed by atoms with van der Waals surface area (Å²) in [6, 6.07) is 4.18. The van der Waals surface area contributed by atoms with E-state index in [4.69, 9.17) is 4.74 Å². The number of hydrogen-bond acceptors (Lipinski definition) is 4. The molecule has 17 heavy (non-hydrogen) atoms. The monoisotopic (exact) mass is 242 g/mol. The number of carbonyl (C=O) groups excluding carboxylic acids is 1. The predicted octanol–water partition coefficient (Wildman–Crippen LogP) is 1.44. The van der Waals surface area contributed by atoms with E-state index in [0.717, 1.165) is 0 Å². The summed E-state index contributed by atoms with van der Waals surface area (Å²) in [6.07, 6.45) is 0. The molecule has 0 radical (unpaired) electrons. The number of ether oxygens (including phenoxy) is 2. The molecule has 1 N–H and O–H groups in total. The largest absolute Gasteiger partial charge is 0.490 e. The van der Waals surface area contributed by atoms with E-state index < -0.39 is 11.6 Å². The summed E-state index contributed by atoms with van der Waals surface area (Å²) in [7, 11) is 1.18. The Morgan fingerprint density at radius 2 is 2.18 bits per heavy atom. The van der Waals surface area contributed by atoms with Gasteiger partial charge in [0.1, 0.15) is 18.2 Å². The van der Waals surface area contributed by atoms with Crippen LogP contribution in [0.2, 0.25) is 0 Å². The van der Waals surface area contributed by atoms with Crippen molar-refractivity contribution in [2.45, 2.75) is 19.4 Å². The maximum atomic E-state index is 13.0. The van der Waals surface area contributed by atoms with Crippen molar-refractivity contribution in [2.75, 3.05) is 13.7 Å². The fourth-order valence-electron chi connectivity index (χ4n) is 1.21. The van der Waals surface area contributed by atoms with Gasteiger partial charge in [-0.15, -0.1) is 0 Å². The molecule has 0 fully saturated rings. The van der Waals surface area contributed by atoms with Crippen molar-refractivity contribution in [3.05, 3.63) is 29.6 Å². The molecular weight excluding hydrogens is 227 g/mol. The van der Waals surface area contributed by atoms with Gasteiger partial charge in [-0.3, -0.25) is 0 Å². The lowest BCUT2D eigenvalue weighted by atomic mass is 10.1. The molecule has 0 aromatic heterocycles. The van der Waals surface area contributed by atoms with Crippen LogP contribution in [0.3, 0.4) is 0 Å². The van der Waals surface area contributed by atoms with E-state index in [-0.39, 0.29) is 12.4 Å². The van der Waals surface area contributed by atoms with Gasteiger partial charge in [-0.1, -0.05) is 0 Å². The highest BCUT2D eigenvalue weighted by molar-refractivity contribution is 5.78. The van der Waals surface area contributed by atoms with Crippen LogP contribution in [0.15, 0.2) is 18.2 Å². The molecule has 1 aromatic carbocycles. The minimum absolute atomic E-state index is 0.259. The summed E-state index contributed by atoms with van der Waals surface area (Å²) in [5, 5.41) is 9.69. The van der Waals surface area contributed by atoms with Crippen molar-refractivity contribution in [2.24, 2.45) is 0 Å². The first-order valence-corrected chi connectivity index (χ1v) is 5.06. The Labute approximate surface area is 99.0 Å². The SMILES string of the molecule is COC(=O)C(C)(O)COc1ccc(F)c(C)c1. The van der Waals surface area contributed by atoms with E-state index >= 15 is 0 Å². The predicted molar refractivity (Wildman–Crippen MR) is 59.3 cm³/mol. The van der Waals surface area contributed by atoms with E-state index in [2.05, 4.69) is 4.74 Å². The van der Waals surface area contributed by atoms with Gasteiger partial charge in [-0.2, -0.15) is 0 Å². The average molecular weight is 242 g/mol. The van der Waals surface area contributed by atoms with Gasteiger partial charge in [0.2, 0.25) is 0 Å². The van der Waals surface area contributed by atoms with Gasteiger partial charge < -0.3 is 14.6 Å². The molecule has 0 saturated carbocycles. The number of carbonyl (C=O) groups is 1. The molecule has 4 nitrogen and oxygen atoms in total. The van der Waals surface area contributed by atoms with Gasteiger partial charge in [0.25, 0.3) is 0 Å². The van der Waals surface area contributed by atoms with Crippen LogP contribution in [0.4, 0.5) is 4.39 Å². The molecule has 1 aromatic rings. The molecule has 0 aliphatic rings. The molecule has 0 amide bonds. The second-order valence-electron chi connectivity index (χ2n) is 3.97. The van der Waals surface area contributed by atoms with Crippen LogP contribution in [-0.4, -0.2) is 30.4 Å². The molecule has 1 atom stereocenters. The van der Waals surface area contributed by atoms with E-state index in [9.17, 15) is 14.3 Å². The topological polar surface area (TPSA) is 55.8 Å². The van der Waals surface area contributed by atoms with Crippen LogP contribution in [0.1, 0.15) is 12.5 Å². The van der Waals surface area contributed by atoms with Crippen LogP contribution in [0.25, 0.3) is 0 Å². The van der Waals surface area contributed by atoms with E-state index in [0.29, 0.717) is 11.3 Å². The Balaban J connectivity index is 2.67. The first kappa shape index (κ1) is 13.4. The Kier molecular flexibility index (Phi) is 4.07. The normalized spacial score (nSPS) is 13.9. The number of hydrogen-bond donors (Lipinski definition) is 1. The van der Waals surface area contributed by atoms with Gasteiger partial charge in [-0.05, 0) is 37.6 Å². The van der Waals surface area contributed by atoms with E-state index in [1.54, 1.807) is 6.92 Å². The molecule has 1 unspecified atom stereocenters. The number of rotatable bonds is 4. The van der Waals surface area contributed by atoms with Gasteiger partial charge >= 0.3 is 5.97 Å². The highest BCUT2D eigenvalue weighted by Crippen LogP contribution is 2.17. The van der Waals surface area contributed by atoms with Crippen LogP contribution in [0.5, 0.6) is 5.75 Å². The minimum atomic E-state index is -1.73. The van der Waals surface area contributed by atoms with Crippen LogP contribution < -0.4 is 4.74 Å².